The molecule has 1 saturated heterocycles. The van der Waals surface area contributed by atoms with E-state index in [0.717, 1.165) is 37.9 Å². The first kappa shape index (κ1) is 18.5. The number of hydrogen-bond donors (Lipinski definition) is 3. The van der Waals surface area contributed by atoms with E-state index >= 15 is 0 Å². The third kappa shape index (κ3) is 3.83. The lowest BCUT2D eigenvalue weighted by Gasteiger charge is -2.31. The minimum absolute atomic E-state index is 0.0136. The molecule has 29 heavy (non-hydrogen) atoms. The summed E-state index contributed by atoms with van der Waals surface area (Å²) in [5.74, 6) is 0.852. The monoisotopic (exact) mass is 388 g/mol. The van der Waals surface area contributed by atoms with Gasteiger partial charge in [0.2, 0.25) is 0 Å². The lowest BCUT2D eigenvalue weighted by Crippen LogP contribution is -2.39. The normalized spacial score (nSPS) is 26.4. The second kappa shape index (κ2) is 8.06. The molecule has 1 aromatic heterocycles. The number of nitrogens with zero attached hydrogens (tertiary/aromatic N) is 3. The van der Waals surface area contributed by atoms with Crippen LogP contribution >= 0.6 is 0 Å². The molecule has 2 heterocycles. The Hall–Kier alpha value is -2.54. The lowest BCUT2D eigenvalue weighted by molar-refractivity contribution is 0.275. The molecular formula is C23H28N6. The fourth-order valence-electron chi connectivity index (χ4n) is 4.86. The van der Waals surface area contributed by atoms with E-state index in [-0.39, 0.29) is 6.17 Å². The van der Waals surface area contributed by atoms with Gasteiger partial charge in [-0.15, -0.1) is 5.10 Å². The van der Waals surface area contributed by atoms with Gasteiger partial charge in [-0.05, 0) is 30.4 Å². The van der Waals surface area contributed by atoms with Crippen molar-refractivity contribution in [3.63, 3.8) is 0 Å². The first-order valence-corrected chi connectivity index (χ1v) is 10.5. The van der Waals surface area contributed by atoms with Crippen molar-refractivity contribution < 1.29 is 0 Å². The van der Waals surface area contributed by atoms with Gasteiger partial charge in [0.1, 0.15) is 0 Å². The summed E-state index contributed by atoms with van der Waals surface area (Å²) in [6.45, 7) is 0.747. The SMILES string of the molecule is NC1NNC2CCC(c3nnn(Cc4ccccc4)c3Cc3ccccc3)CC12. The van der Waals surface area contributed by atoms with Gasteiger partial charge in [0.25, 0.3) is 0 Å². The van der Waals surface area contributed by atoms with Gasteiger partial charge in [0.15, 0.2) is 0 Å². The summed E-state index contributed by atoms with van der Waals surface area (Å²) in [4.78, 5) is 0. The van der Waals surface area contributed by atoms with E-state index in [1.807, 2.05) is 6.07 Å². The van der Waals surface area contributed by atoms with E-state index in [1.54, 1.807) is 0 Å². The van der Waals surface area contributed by atoms with Gasteiger partial charge in [0, 0.05) is 24.3 Å². The smallest absolute Gasteiger partial charge is 0.0893 e. The summed E-state index contributed by atoms with van der Waals surface area (Å²) in [7, 11) is 0. The van der Waals surface area contributed by atoms with Crippen LogP contribution in [0.15, 0.2) is 60.7 Å². The fraction of sp³-hybridized carbons (Fsp3) is 0.391. The maximum absolute atomic E-state index is 6.28. The topological polar surface area (TPSA) is 80.8 Å². The molecule has 4 N–H and O–H groups in total. The average molecular weight is 389 g/mol. The molecule has 2 fully saturated rings. The summed E-state index contributed by atoms with van der Waals surface area (Å²) in [6.07, 6.45) is 4.15. The number of rotatable bonds is 5. The Morgan fingerprint density at radius 2 is 1.66 bits per heavy atom. The summed E-state index contributed by atoms with van der Waals surface area (Å²) in [5.41, 5.74) is 17.8. The predicted octanol–water partition coefficient (Wildman–Crippen LogP) is 2.56. The number of hydrazine groups is 1. The fourth-order valence-corrected chi connectivity index (χ4v) is 4.86. The third-order valence-corrected chi connectivity index (χ3v) is 6.44. The molecule has 3 aromatic rings. The Morgan fingerprint density at radius 3 is 2.41 bits per heavy atom. The zero-order valence-corrected chi connectivity index (χ0v) is 16.5. The van der Waals surface area contributed by atoms with Crippen LogP contribution in [0.25, 0.3) is 0 Å². The standard InChI is InChI=1S/C23H28N6/c24-23-19-14-18(11-12-20(19)25-27-23)22-21(13-16-7-3-1-4-8-16)29(28-26-22)15-17-9-5-2-6-10-17/h1-10,18-20,23,25,27H,11-15,24H2. The van der Waals surface area contributed by atoms with Crippen LogP contribution in [0.1, 0.15) is 47.7 Å². The summed E-state index contributed by atoms with van der Waals surface area (Å²) < 4.78 is 2.09. The quantitative estimate of drug-likeness (QED) is 0.626. The van der Waals surface area contributed by atoms with Gasteiger partial charge >= 0.3 is 0 Å². The number of fused-ring (bicyclic) bond motifs is 1. The van der Waals surface area contributed by atoms with E-state index in [0.29, 0.717) is 17.9 Å². The number of nitrogens with one attached hydrogen (secondary N) is 2. The molecule has 2 aliphatic rings. The van der Waals surface area contributed by atoms with E-state index in [2.05, 4.69) is 75.3 Å². The van der Waals surface area contributed by atoms with Gasteiger partial charge in [0.05, 0.1) is 24.1 Å². The average Bonchev–Trinajstić information content (AvgIpc) is 3.33. The van der Waals surface area contributed by atoms with Crippen LogP contribution in [0.4, 0.5) is 0 Å². The Labute approximate surface area is 171 Å². The van der Waals surface area contributed by atoms with Gasteiger partial charge in [-0.25, -0.2) is 10.1 Å². The molecular weight excluding hydrogens is 360 g/mol. The highest BCUT2D eigenvalue weighted by Crippen LogP contribution is 2.39. The molecule has 4 atom stereocenters. The zero-order valence-electron chi connectivity index (χ0n) is 16.5. The molecule has 4 unspecified atom stereocenters. The molecule has 1 saturated carbocycles. The van der Waals surface area contributed by atoms with Crippen molar-refractivity contribution >= 4 is 0 Å². The number of nitrogens with two attached hydrogens (primary N) is 1. The minimum Gasteiger partial charge on any atom is -0.315 e. The molecule has 0 bridgehead atoms. The summed E-state index contributed by atoms with van der Waals surface area (Å²) >= 11 is 0. The Morgan fingerprint density at radius 1 is 0.931 bits per heavy atom. The molecule has 0 radical (unpaired) electrons. The Bertz CT molecular complexity index is 939. The van der Waals surface area contributed by atoms with E-state index in [1.165, 1.54) is 16.8 Å². The molecule has 1 aliphatic carbocycles. The van der Waals surface area contributed by atoms with Crippen molar-refractivity contribution in [2.75, 3.05) is 0 Å². The summed E-state index contributed by atoms with van der Waals surface area (Å²) in [6, 6.07) is 21.6. The number of aromatic nitrogens is 3. The van der Waals surface area contributed by atoms with Gasteiger partial charge in [-0.3, -0.25) is 5.43 Å². The minimum atomic E-state index is 0.0136. The van der Waals surface area contributed by atoms with Gasteiger partial charge in [-0.1, -0.05) is 65.9 Å². The van der Waals surface area contributed by atoms with Crippen molar-refractivity contribution in [3.8, 4) is 0 Å². The van der Waals surface area contributed by atoms with E-state index < -0.39 is 0 Å². The van der Waals surface area contributed by atoms with Crippen LogP contribution < -0.4 is 16.6 Å². The Balaban J connectivity index is 1.46. The van der Waals surface area contributed by atoms with Gasteiger partial charge < -0.3 is 5.73 Å². The van der Waals surface area contributed by atoms with Crippen molar-refractivity contribution in [2.45, 2.75) is 50.4 Å². The molecule has 2 aromatic carbocycles. The van der Waals surface area contributed by atoms with Gasteiger partial charge in [-0.2, -0.15) is 0 Å². The highest BCUT2D eigenvalue weighted by molar-refractivity contribution is 5.27. The molecule has 5 rings (SSSR count). The summed E-state index contributed by atoms with van der Waals surface area (Å²) in [5, 5.41) is 9.29. The van der Waals surface area contributed by atoms with Crippen molar-refractivity contribution in [1.29, 1.82) is 0 Å². The van der Waals surface area contributed by atoms with Crippen LogP contribution in [-0.4, -0.2) is 27.2 Å². The first-order chi connectivity index (χ1) is 14.3. The second-order valence-corrected chi connectivity index (χ2v) is 8.32. The Kier molecular flexibility index (Phi) is 5.14. The molecule has 0 spiro atoms. The van der Waals surface area contributed by atoms with Crippen LogP contribution in [0.5, 0.6) is 0 Å². The highest BCUT2D eigenvalue weighted by Gasteiger charge is 2.40. The van der Waals surface area contributed by atoms with Crippen LogP contribution in [0, 0.1) is 5.92 Å². The van der Waals surface area contributed by atoms with Crippen LogP contribution in [-0.2, 0) is 13.0 Å². The van der Waals surface area contributed by atoms with Crippen LogP contribution in [0.3, 0.4) is 0 Å². The van der Waals surface area contributed by atoms with E-state index in [4.69, 9.17) is 10.8 Å². The predicted molar refractivity (Wildman–Crippen MR) is 113 cm³/mol. The molecule has 0 amide bonds. The van der Waals surface area contributed by atoms with Crippen LogP contribution in [0.2, 0.25) is 0 Å². The van der Waals surface area contributed by atoms with Crippen molar-refractivity contribution in [3.05, 3.63) is 83.2 Å². The zero-order chi connectivity index (χ0) is 19.6. The van der Waals surface area contributed by atoms with Crippen molar-refractivity contribution in [2.24, 2.45) is 11.7 Å². The largest absolute Gasteiger partial charge is 0.315 e. The number of benzene rings is 2. The highest BCUT2D eigenvalue weighted by atomic mass is 15.5. The second-order valence-electron chi connectivity index (χ2n) is 8.32. The number of hydrogen-bond acceptors (Lipinski definition) is 5. The first-order valence-electron chi connectivity index (χ1n) is 10.5. The molecule has 6 nitrogen and oxygen atoms in total. The maximum Gasteiger partial charge on any atom is 0.0893 e. The lowest BCUT2D eigenvalue weighted by atomic mass is 9.76. The third-order valence-electron chi connectivity index (χ3n) is 6.44. The molecule has 6 heteroatoms. The molecule has 1 aliphatic heterocycles. The maximum atomic E-state index is 6.28. The molecule has 150 valence electrons. The van der Waals surface area contributed by atoms with E-state index in [9.17, 15) is 0 Å². The van der Waals surface area contributed by atoms with Crippen molar-refractivity contribution in [1.82, 2.24) is 25.8 Å².